The van der Waals surface area contributed by atoms with Crippen LogP contribution in [0.1, 0.15) is 11.4 Å². The Kier molecular flexibility index (Phi) is 3.35. The fourth-order valence-electron chi connectivity index (χ4n) is 2.36. The molecule has 0 radical (unpaired) electrons. The minimum Gasteiger partial charge on any atom is -0.409 e. The number of halogens is 1. The largest absolute Gasteiger partial charge is 0.409 e. The standard InChI is InChI=1S/C13H14BrN5O/c14-10-7-9(13(15)17-20)1-2-11(10)19-6-5-18-4-3-16-12(18)8-19/h1-4,7,20H,5-6,8H2,(H2,15,17). The van der Waals surface area contributed by atoms with Crippen LogP contribution in [0.5, 0.6) is 0 Å². The smallest absolute Gasteiger partial charge is 0.170 e. The number of hydrogen-bond acceptors (Lipinski definition) is 4. The summed E-state index contributed by atoms with van der Waals surface area (Å²) in [4.78, 5) is 6.61. The molecule has 6 nitrogen and oxygen atoms in total. The minimum absolute atomic E-state index is 0.103. The summed E-state index contributed by atoms with van der Waals surface area (Å²) >= 11 is 3.55. The number of amidine groups is 1. The van der Waals surface area contributed by atoms with Crippen molar-refractivity contribution < 1.29 is 5.21 Å². The average molecular weight is 336 g/mol. The molecule has 0 saturated heterocycles. The third-order valence-corrected chi connectivity index (χ3v) is 4.07. The van der Waals surface area contributed by atoms with Gasteiger partial charge in [-0.1, -0.05) is 5.16 Å². The highest BCUT2D eigenvalue weighted by Crippen LogP contribution is 2.29. The molecule has 0 saturated carbocycles. The lowest BCUT2D eigenvalue weighted by molar-refractivity contribution is 0.318. The Labute approximate surface area is 124 Å². The number of oxime groups is 1. The van der Waals surface area contributed by atoms with Crippen molar-refractivity contribution in [2.24, 2.45) is 10.9 Å². The lowest BCUT2D eigenvalue weighted by Crippen LogP contribution is -2.33. The van der Waals surface area contributed by atoms with Crippen molar-refractivity contribution in [3.8, 4) is 0 Å². The van der Waals surface area contributed by atoms with E-state index in [2.05, 4.69) is 35.5 Å². The molecule has 0 unspecified atom stereocenters. The number of hydrogen-bond donors (Lipinski definition) is 2. The molecule has 3 N–H and O–H groups in total. The lowest BCUT2D eigenvalue weighted by Gasteiger charge is -2.30. The monoisotopic (exact) mass is 335 g/mol. The zero-order chi connectivity index (χ0) is 14.1. The van der Waals surface area contributed by atoms with Crippen molar-refractivity contribution in [3.05, 3.63) is 46.5 Å². The molecule has 7 heteroatoms. The Hall–Kier alpha value is -2.02. The molecule has 1 aromatic heterocycles. The van der Waals surface area contributed by atoms with Crippen molar-refractivity contribution in [1.29, 1.82) is 0 Å². The molecule has 0 atom stereocenters. The van der Waals surface area contributed by atoms with E-state index < -0.39 is 0 Å². The summed E-state index contributed by atoms with van der Waals surface area (Å²) in [6, 6.07) is 5.66. The summed E-state index contributed by atoms with van der Waals surface area (Å²) in [6.07, 6.45) is 3.83. The van der Waals surface area contributed by atoms with E-state index in [1.54, 1.807) is 0 Å². The Balaban J connectivity index is 1.89. The number of nitrogens with zero attached hydrogens (tertiary/aromatic N) is 4. The van der Waals surface area contributed by atoms with Crippen LogP contribution in [0.2, 0.25) is 0 Å². The van der Waals surface area contributed by atoms with Gasteiger partial charge in [-0.15, -0.1) is 0 Å². The van der Waals surface area contributed by atoms with Gasteiger partial charge in [0.05, 0.1) is 12.2 Å². The van der Waals surface area contributed by atoms with Crippen molar-refractivity contribution in [2.75, 3.05) is 11.4 Å². The summed E-state index contributed by atoms with van der Waals surface area (Å²) in [5.74, 6) is 1.16. The van der Waals surface area contributed by atoms with E-state index in [0.717, 1.165) is 35.6 Å². The van der Waals surface area contributed by atoms with E-state index in [1.165, 1.54) is 0 Å². The zero-order valence-corrected chi connectivity index (χ0v) is 12.3. The zero-order valence-electron chi connectivity index (χ0n) is 10.7. The summed E-state index contributed by atoms with van der Waals surface area (Å²) < 4.78 is 3.08. The van der Waals surface area contributed by atoms with Gasteiger partial charge in [-0.3, -0.25) is 0 Å². The first-order chi connectivity index (χ1) is 9.69. The second-order valence-corrected chi connectivity index (χ2v) is 5.46. The molecule has 2 aromatic rings. The molecule has 0 spiro atoms. The summed E-state index contributed by atoms with van der Waals surface area (Å²) in [5.41, 5.74) is 7.35. The van der Waals surface area contributed by atoms with Gasteiger partial charge < -0.3 is 20.4 Å². The van der Waals surface area contributed by atoms with Crippen LogP contribution in [0, 0.1) is 0 Å². The predicted octanol–water partition coefficient (Wildman–Crippen LogP) is 1.76. The van der Waals surface area contributed by atoms with Crippen molar-refractivity contribution in [3.63, 3.8) is 0 Å². The molecular weight excluding hydrogens is 322 g/mol. The van der Waals surface area contributed by atoms with Crippen molar-refractivity contribution in [1.82, 2.24) is 9.55 Å². The fraction of sp³-hybridized carbons (Fsp3) is 0.231. The van der Waals surface area contributed by atoms with E-state index in [4.69, 9.17) is 10.9 Å². The highest BCUT2D eigenvalue weighted by molar-refractivity contribution is 9.10. The highest BCUT2D eigenvalue weighted by Gasteiger charge is 2.19. The van der Waals surface area contributed by atoms with Gasteiger partial charge in [0, 0.05) is 35.5 Å². The summed E-state index contributed by atoms with van der Waals surface area (Å²) in [6.45, 7) is 2.61. The maximum atomic E-state index is 8.71. The topological polar surface area (TPSA) is 79.7 Å². The van der Waals surface area contributed by atoms with E-state index in [9.17, 15) is 0 Å². The Morgan fingerprint density at radius 3 is 3.00 bits per heavy atom. The van der Waals surface area contributed by atoms with Gasteiger partial charge in [0.1, 0.15) is 5.82 Å². The molecular formula is C13H14BrN5O. The maximum Gasteiger partial charge on any atom is 0.170 e. The molecule has 3 rings (SSSR count). The average Bonchev–Trinajstić information content (AvgIpc) is 2.93. The van der Waals surface area contributed by atoms with Crippen LogP contribution in [0.4, 0.5) is 5.69 Å². The Morgan fingerprint density at radius 2 is 2.25 bits per heavy atom. The first-order valence-electron chi connectivity index (χ1n) is 6.21. The maximum absolute atomic E-state index is 8.71. The molecule has 0 bridgehead atoms. The first kappa shape index (κ1) is 13.0. The molecule has 1 aliphatic heterocycles. The van der Waals surface area contributed by atoms with Crippen LogP contribution in [0.3, 0.4) is 0 Å². The summed E-state index contributed by atoms with van der Waals surface area (Å²) in [5, 5.41) is 11.7. The van der Waals surface area contributed by atoms with Crippen LogP contribution < -0.4 is 10.6 Å². The second-order valence-electron chi connectivity index (χ2n) is 4.61. The molecule has 1 aromatic carbocycles. The van der Waals surface area contributed by atoms with Crippen LogP contribution in [0.15, 0.2) is 40.2 Å². The van der Waals surface area contributed by atoms with Crippen LogP contribution in [-0.4, -0.2) is 27.1 Å². The normalized spacial score (nSPS) is 15.2. The summed E-state index contributed by atoms with van der Waals surface area (Å²) in [7, 11) is 0. The van der Waals surface area contributed by atoms with Gasteiger partial charge in [-0.05, 0) is 34.1 Å². The van der Waals surface area contributed by atoms with Crippen LogP contribution >= 0.6 is 15.9 Å². The predicted molar refractivity (Wildman–Crippen MR) is 79.9 cm³/mol. The van der Waals surface area contributed by atoms with Gasteiger partial charge in [0.25, 0.3) is 0 Å². The Bertz CT molecular complexity index is 667. The SMILES string of the molecule is N/C(=N/O)c1ccc(N2CCn3ccnc3C2)c(Br)c1. The number of nitrogens with two attached hydrogens (primary N) is 1. The number of imidazole rings is 1. The minimum atomic E-state index is 0.103. The fourth-order valence-corrected chi connectivity index (χ4v) is 2.99. The van der Waals surface area contributed by atoms with Crippen LogP contribution in [-0.2, 0) is 13.1 Å². The van der Waals surface area contributed by atoms with Gasteiger partial charge in [-0.25, -0.2) is 4.98 Å². The molecule has 0 amide bonds. The van der Waals surface area contributed by atoms with Gasteiger partial charge in [-0.2, -0.15) is 0 Å². The molecule has 0 fully saturated rings. The van der Waals surface area contributed by atoms with Crippen molar-refractivity contribution >= 4 is 27.5 Å². The van der Waals surface area contributed by atoms with Gasteiger partial charge >= 0.3 is 0 Å². The van der Waals surface area contributed by atoms with Crippen molar-refractivity contribution in [2.45, 2.75) is 13.1 Å². The van der Waals surface area contributed by atoms with Crippen LogP contribution in [0.25, 0.3) is 0 Å². The molecule has 1 aliphatic rings. The third-order valence-electron chi connectivity index (χ3n) is 3.44. The second kappa shape index (κ2) is 5.16. The lowest BCUT2D eigenvalue weighted by atomic mass is 10.1. The number of anilines is 1. The molecule has 0 aliphatic carbocycles. The quantitative estimate of drug-likeness (QED) is 0.379. The highest BCUT2D eigenvalue weighted by atomic mass is 79.9. The number of benzene rings is 1. The van der Waals surface area contributed by atoms with E-state index in [1.807, 2.05) is 30.6 Å². The first-order valence-corrected chi connectivity index (χ1v) is 7.01. The third kappa shape index (κ3) is 2.24. The number of aromatic nitrogens is 2. The van der Waals surface area contributed by atoms with Gasteiger partial charge in [0.15, 0.2) is 5.84 Å². The Morgan fingerprint density at radius 1 is 1.40 bits per heavy atom. The van der Waals surface area contributed by atoms with E-state index >= 15 is 0 Å². The number of fused-ring (bicyclic) bond motifs is 1. The molecule has 104 valence electrons. The molecule has 2 heterocycles. The van der Waals surface area contributed by atoms with E-state index in [0.29, 0.717) is 5.56 Å². The number of rotatable bonds is 2. The van der Waals surface area contributed by atoms with Gasteiger partial charge in [0.2, 0.25) is 0 Å². The molecule has 20 heavy (non-hydrogen) atoms. The van der Waals surface area contributed by atoms with E-state index in [-0.39, 0.29) is 5.84 Å².